The number of rotatable bonds is 4. The van der Waals surface area contributed by atoms with Gasteiger partial charge in [-0.15, -0.1) is 0 Å². The predicted octanol–water partition coefficient (Wildman–Crippen LogP) is 4.78. The molecule has 3 heteroatoms. The van der Waals surface area contributed by atoms with E-state index in [4.69, 9.17) is 0 Å². The number of nitrogens with zero attached hydrogens (tertiary/aromatic N) is 1. The zero-order valence-corrected chi connectivity index (χ0v) is 15.5. The van der Waals surface area contributed by atoms with Crippen LogP contribution in [0.4, 0.5) is 5.69 Å². The minimum Gasteiger partial charge on any atom is -0.372 e. The standard InChI is InChI=1S/C22H28N2O/c1-16-7-12-21(17(2)15-16)22(25)23-18(3)19-8-10-20(11-9-19)24-13-5-4-6-14-24/h7-12,15,18H,4-6,13-14H2,1-3H3,(H,23,25)/t18-/m0/s1. The maximum absolute atomic E-state index is 12.6. The lowest BCUT2D eigenvalue weighted by molar-refractivity contribution is 0.0939. The number of benzene rings is 2. The summed E-state index contributed by atoms with van der Waals surface area (Å²) < 4.78 is 0. The van der Waals surface area contributed by atoms with E-state index in [1.165, 1.54) is 30.5 Å². The molecule has 1 amide bonds. The van der Waals surface area contributed by atoms with Crippen LogP contribution in [0.15, 0.2) is 42.5 Å². The summed E-state index contributed by atoms with van der Waals surface area (Å²) in [6, 6.07) is 14.6. The third kappa shape index (κ3) is 4.22. The molecule has 1 fully saturated rings. The van der Waals surface area contributed by atoms with Gasteiger partial charge in [0.1, 0.15) is 0 Å². The van der Waals surface area contributed by atoms with Crippen molar-refractivity contribution >= 4 is 11.6 Å². The number of hydrogen-bond donors (Lipinski definition) is 1. The molecule has 0 unspecified atom stereocenters. The maximum atomic E-state index is 12.6. The second-order valence-electron chi connectivity index (χ2n) is 7.15. The number of aryl methyl sites for hydroxylation is 2. The van der Waals surface area contributed by atoms with Crippen LogP contribution in [0.2, 0.25) is 0 Å². The SMILES string of the molecule is Cc1ccc(C(=O)N[C@@H](C)c2ccc(N3CCCCC3)cc2)c(C)c1. The van der Waals surface area contributed by atoms with E-state index in [9.17, 15) is 4.79 Å². The second kappa shape index (κ2) is 7.73. The molecule has 0 spiro atoms. The molecular weight excluding hydrogens is 308 g/mol. The van der Waals surface area contributed by atoms with E-state index in [-0.39, 0.29) is 11.9 Å². The van der Waals surface area contributed by atoms with Crippen molar-refractivity contribution in [1.29, 1.82) is 0 Å². The number of hydrogen-bond acceptors (Lipinski definition) is 2. The highest BCUT2D eigenvalue weighted by atomic mass is 16.1. The predicted molar refractivity (Wildman–Crippen MR) is 104 cm³/mol. The highest BCUT2D eigenvalue weighted by Crippen LogP contribution is 2.23. The Morgan fingerprint density at radius 3 is 2.32 bits per heavy atom. The fourth-order valence-electron chi connectivity index (χ4n) is 3.55. The zero-order valence-electron chi connectivity index (χ0n) is 15.5. The molecule has 1 atom stereocenters. The molecular formula is C22H28N2O. The Bertz CT molecular complexity index is 730. The Balaban J connectivity index is 1.66. The summed E-state index contributed by atoms with van der Waals surface area (Å²) >= 11 is 0. The lowest BCUT2D eigenvalue weighted by atomic mass is 10.0. The van der Waals surface area contributed by atoms with Crippen LogP contribution in [-0.4, -0.2) is 19.0 Å². The van der Waals surface area contributed by atoms with Gasteiger partial charge in [-0.3, -0.25) is 4.79 Å². The van der Waals surface area contributed by atoms with Crippen LogP contribution in [0.25, 0.3) is 0 Å². The van der Waals surface area contributed by atoms with E-state index in [0.29, 0.717) is 0 Å². The lowest BCUT2D eigenvalue weighted by Crippen LogP contribution is -2.29. The molecule has 3 nitrogen and oxygen atoms in total. The summed E-state index contributed by atoms with van der Waals surface area (Å²) in [7, 11) is 0. The van der Waals surface area contributed by atoms with E-state index in [1.807, 2.05) is 39.0 Å². The molecule has 1 N–H and O–H groups in total. The number of nitrogens with one attached hydrogen (secondary N) is 1. The Morgan fingerprint density at radius 2 is 1.68 bits per heavy atom. The van der Waals surface area contributed by atoms with Crippen LogP contribution in [0.5, 0.6) is 0 Å². The molecule has 0 aliphatic carbocycles. The van der Waals surface area contributed by atoms with Crippen LogP contribution in [-0.2, 0) is 0 Å². The Kier molecular flexibility index (Phi) is 5.42. The summed E-state index contributed by atoms with van der Waals surface area (Å²) in [6.45, 7) is 8.37. The van der Waals surface area contributed by atoms with Gasteiger partial charge in [0.2, 0.25) is 0 Å². The highest BCUT2D eigenvalue weighted by Gasteiger charge is 2.15. The molecule has 25 heavy (non-hydrogen) atoms. The Morgan fingerprint density at radius 1 is 1.00 bits per heavy atom. The van der Waals surface area contributed by atoms with Crippen molar-refractivity contribution in [2.45, 2.75) is 46.1 Å². The van der Waals surface area contributed by atoms with Gasteiger partial charge in [0.25, 0.3) is 5.91 Å². The quantitative estimate of drug-likeness (QED) is 0.871. The normalized spacial score (nSPS) is 15.7. The van der Waals surface area contributed by atoms with Crippen LogP contribution in [0, 0.1) is 13.8 Å². The third-order valence-corrected chi connectivity index (χ3v) is 5.09. The first-order valence-electron chi connectivity index (χ1n) is 9.27. The summed E-state index contributed by atoms with van der Waals surface area (Å²) in [5, 5.41) is 3.12. The minimum atomic E-state index is -0.0105. The average Bonchev–Trinajstić information content (AvgIpc) is 2.62. The van der Waals surface area contributed by atoms with Crippen LogP contribution < -0.4 is 10.2 Å². The van der Waals surface area contributed by atoms with Crippen molar-refractivity contribution in [1.82, 2.24) is 5.32 Å². The van der Waals surface area contributed by atoms with Gasteiger partial charge in [-0.05, 0) is 69.4 Å². The van der Waals surface area contributed by atoms with Crippen molar-refractivity contribution < 1.29 is 4.79 Å². The molecule has 3 rings (SSSR count). The third-order valence-electron chi connectivity index (χ3n) is 5.09. The van der Waals surface area contributed by atoms with E-state index in [1.54, 1.807) is 0 Å². The van der Waals surface area contributed by atoms with Crippen molar-refractivity contribution in [3.05, 3.63) is 64.7 Å². The van der Waals surface area contributed by atoms with Crippen LogP contribution >= 0.6 is 0 Å². The number of amides is 1. The van der Waals surface area contributed by atoms with Gasteiger partial charge in [0.05, 0.1) is 6.04 Å². The Labute approximate surface area is 151 Å². The topological polar surface area (TPSA) is 32.3 Å². The van der Waals surface area contributed by atoms with Gasteiger partial charge in [-0.25, -0.2) is 0 Å². The van der Waals surface area contributed by atoms with Gasteiger partial charge >= 0.3 is 0 Å². The summed E-state index contributed by atoms with van der Waals surface area (Å²) in [6.07, 6.45) is 3.91. The molecule has 1 aliphatic heterocycles. The molecule has 0 aromatic heterocycles. The van der Waals surface area contributed by atoms with E-state index < -0.39 is 0 Å². The van der Waals surface area contributed by atoms with Gasteiger partial charge in [-0.1, -0.05) is 29.8 Å². The van der Waals surface area contributed by atoms with E-state index in [0.717, 1.165) is 29.8 Å². The molecule has 132 valence electrons. The highest BCUT2D eigenvalue weighted by molar-refractivity contribution is 5.95. The monoisotopic (exact) mass is 336 g/mol. The molecule has 1 aliphatic rings. The number of piperidine rings is 1. The lowest BCUT2D eigenvalue weighted by Gasteiger charge is -2.29. The van der Waals surface area contributed by atoms with Crippen molar-refractivity contribution in [2.75, 3.05) is 18.0 Å². The van der Waals surface area contributed by atoms with Crippen molar-refractivity contribution in [3.8, 4) is 0 Å². The van der Waals surface area contributed by atoms with E-state index in [2.05, 4.69) is 34.5 Å². The molecule has 2 aromatic carbocycles. The van der Waals surface area contributed by atoms with E-state index >= 15 is 0 Å². The fourth-order valence-corrected chi connectivity index (χ4v) is 3.55. The first kappa shape index (κ1) is 17.5. The molecule has 0 radical (unpaired) electrons. The number of carbonyl (C=O) groups is 1. The summed E-state index contributed by atoms with van der Waals surface area (Å²) in [5.41, 5.74) is 5.37. The summed E-state index contributed by atoms with van der Waals surface area (Å²) in [5.74, 6) is -0.00916. The fraction of sp³-hybridized carbons (Fsp3) is 0.409. The second-order valence-corrected chi connectivity index (χ2v) is 7.15. The Hall–Kier alpha value is -2.29. The molecule has 2 aromatic rings. The molecule has 0 saturated carbocycles. The largest absolute Gasteiger partial charge is 0.372 e. The summed E-state index contributed by atoms with van der Waals surface area (Å²) in [4.78, 5) is 15.0. The minimum absolute atomic E-state index is 0.00916. The van der Waals surface area contributed by atoms with Gasteiger partial charge < -0.3 is 10.2 Å². The average molecular weight is 336 g/mol. The van der Waals surface area contributed by atoms with Gasteiger partial charge in [0, 0.05) is 24.3 Å². The van der Waals surface area contributed by atoms with Crippen molar-refractivity contribution in [2.24, 2.45) is 0 Å². The number of carbonyl (C=O) groups excluding carboxylic acids is 1. The molecule has 0 bridgehead atoms. The van der Waals surface area contributed by atoms with Crippen LogP contribution in [0.1, 0.15) is 59.3 Å². The first-order valence-corrected chi connectivity index (χ1v) is 9.27. The molecule has 1 saturated heterocycles. The number of anilines is 1. The van der Waals surface area contributed by atoms with Gasteiger partial charge in [-0.2, -0.15) is 0 Å². The van der Waals surface area contributed by atoms with Gasteiger partial charge in [0.15, 0.2) is 0 Å². The van der Waals surface area contributed by atoms with Crippen LogP contribution in [0.3, 0.4) is 0 Å². The maximum Gasteiger partial charge on any atom is 0.252 e. The first-order chi connectivity index (χ1) is 12.0. The smallest absolute Gasteiger partial charge is 0.252 e. The zero-order chi connectivity index (χ0) is 17.8. The molecule has 1 heterocycles. The van der Waals surface area contributed by atoms with Crippen molar-refractivity contribution in [3.63, 3.8) is 0 Å².